The van der Waals surface area contributed by atoms with Gasteiger partial charge in [0.1, 0.15) is 5.82 Å². The van der Waals surface area contributed by atoms with Crippen molar-refractivity contribution in [1.29, 1.82) is 0 Å². The van der Waals surface area contributed by atoms with E-state index in [1.165, 1.54) is 30.3 Å². The molecule has 0 atom stereocenters. The van der Waals surface area contributed by atoms with Crippen LogP contribution in [0, 0.1) is 5.82 Å². The molecule has 0 fully saturated rings. The highest BCUT2D eigenvalue weighted by atomic mass is 35.5. The molecule has 2 aromatic rings. The number of anilines is 1. The van der Waals surface area contributed by atoms with Crippen molar-refractivity contribution in [2.24, 2.45) is 0 Å². The minimum atomic E-state index is -3.79. The number of carbonyl (C=O) groups excluding carboxylic acids is 1. The zero-order chi connectivity index (χ0) is 18.6. The smallest absolute Gasteiger partial charge is 0.257 e. The summed E-state index contributed by atoms with van der Waals surface area (Å²) in [5, 5.41) is 2.83. The maximum absolute atomic E-state index is 14.2. The quantitative estimate of drug-likeness (QED) is 0.761. The predicted molar refractivity (Wildman–Crippen MR) is 96.3 cm³/mol. The van der Waals surface area contributed by atoms with Crippen molar-refractivity contribution >= 4 is 44.8 Å². The summed E-state index contributed by atoms with van der Waals surface area (Å²) in [6.07, 6.45) is 0.609. The first-order chi connectivity index (χ1) is 11.7. The molecule has 0 saturated heterocycles. The van der Waals surface area contributed by atoms with Crippen molar-refractivity contribution in [1.82, 2.24) is 4.72 Å². The summed E-state index contributed by atoms with van der Waals surface area (Å²) in [4.78, 5) is 12.0. The van der Waals surface area contributed by atoms with Gasteiger partial charge >= 0.3 is 0 Å². The summed E-state index contributed by atoms with van der Waals surface area (Å²) in [6, 6.07) is 7.51. The van der Waals surface area contributed by atoms with E-state index in [1.54, 1.807) is 0 Å². The molecule has 134 valence electrons. The number of rotatable bonds is 6. The molecule has 0 radical (unpaired) electrons. The van der Waals surface area contributed by atoms with Gasteiger partial charge in [0, 0.05) is 11.6 Å². The molecule has 2 N–H and O–H groups in total. The first-order valence-electron chi connectivity index (χ1n) is 7.30. The molecule has 0 heterocycles. The molecule has 9 heteroatoms. The number of sulfonamides is 1. The SMILES string of the molecule is CCCNS(=O)(=O)c1ccc(NC(=O)c2ccc(Cl)cc2Cl)c(F)c1. The van der Waals surface area contributed by atoms with Gasteiger partial charge in [0.2, 0.25) is 10.0 Å². The lowest BCUT2D eigenvalue weighted by molar-refractivity contribution is 0.102. The van der Waals surface area contributed by atoms with Crippen molar-refractivity contribution in [3.8, 4) is 0 Å². The van der Waals surface area contributed by atoms with E-state index < -0.39 is 21.7 Å². The van der Waals surface area contributed by atoms with Crippen LogP contribution in [0.15, 0.2) is 41.3 Å². The fraction of sp³-hybridized carbons (Fsp3) is 0.188. The second-order valence-electron chi connectivity index (χ2n) is 5.12. The highest BCUT2D eigenvalue weighted by Gasteiger charge is 2.17. The Bertz CT molecular complexity index is 904. The van der Waals surface area contributed by atoms with Crippen LogP contribution in [0.1, 0.15) is 23.7 Å². The number of nitrogens with one attached hydrogen (secondary N) is 2. The lowest BCUT2D eigenvalue weighted by atomic mass is 10.2. The molecule has 0 unspecified atom stereocenters. The largest absolute Gasteiger partial charge is 0.319 e. The van der Waals surface area contributed by atoms with Crippen LogP contribution < -0.4 is 10.0 Å². The Morgan fingerprint density at radius 1 is 1.16 bits per heavy atom. The number of benzene rings is 2. The first kappa shape index (κ1) is 19.7. The van der Waals surface area contributed by atoms with Crippen molar-refractivity contribution in [2.75, 3.05) is 11.9 Å². The Morgan fingerprint density at radius 3 is 2.48 bits per heavy atom. The normalized spacial score (nSPS) is 11.4. The van der Waals surface area contributed by atoms with E-state index in [4.69, 9.17) is 23.2 Å². The Labute approximate surface area is 155 Å². The van der Waals surface area contributed by atoms with Gasteiger partial charge in [-0.2, -0.15) is 0 Å². The number of carbonyl (C=O) groups is 1. The maximum atomic E-state index is 14.2. The Balaban J connectivity index is 2.22. The van der Waals surface area contributed by atoms with Gasteiger partial charge in [-0.25, -0.2) is 17.5 Å². The van der Waals surface area contributed by atoms with Crippen LogP contribution in [-0.2, 0) is 10.0 Å². The van der Waals surface area contributed by atoms with E-state index in [-0.39, 0.29) is 27.7 Å². The minimum Gasteiger partial charge on any atom is -0.319 e. The van der Waals surface area contributed by atoms with E-state index >= 15 is 0 Å². The monoisotopic (exact) mass is 404 g/mol. The topological polar surface area (TPSA) is 75.3 Å². The maximum Gasteiger partial charge on any atom is 0.257 e. The molecule has 2 aromatic carbocycles. The van der Waals surface area contributed by atoms with Crippen LogP contribution in [-0.4, -0.2) is 20.9 Å². The summed E-state index contributed by atoms with van der Waals surface area (Å²) >= 11 is 11.7. The lowest BCUT2D eigenvalue weighted by Crippen LogP contribution is -2.24. The number of hydrogen-bond donors (Lipinski definition) is 2. The summed E-state index contributed by atoms with van der Waals surface area (Å²) < 4.78 is 40.5. The van der Waals surface area contributed by atoms with Gasteiger partial charge in [-0.05, 0) is 42.8 Å². The van der Waals surface area contributed by atoms with Gasteiger partial charge in [0.25, 0.3) is 5.91 Å². The van der Waals surface area contributed by atoms with Crippen LogP contribution >= 0.6 is 23.2 Å². The molecule has 0 aliphatic carbocycles. The summed E-state index contributed by atoms with van der Waals surface area (Å²) in [6.45, 7) is 2.06. The summed E-state index contributed by atoms with van der Waals surface area (Å²) in [5.74, 6) is -1.52. The second-order valence-corrected chi connectivity index (χ2v) is 7.73. The van der Waals surface area contributed by atoms with E-state index in [0.717, 1.165) is 6.07 Å². The van der Waals surface area contributed by atoms with Crippen molar-refractivity contribution in [3.63, 3.8) is 0 Å². The highest BCUT2D eigenvalue weighted by Crippen LogP contribution is 2.24. The molecular formula is C16H15Cl2FN2O3S. The minimum absolute atomic E-state index is 0.117. The van der Waals surface area contributed by atoms with Crippen molar-refractivity contribution in [2.45, 2.75) is 18.2 Å². The molecule has 0 aliphatic heterocycles. The molecule has 0 aromatic heterocycles. The molecular weight excluding hydrogens is 390 g/mol. The van der Waals surface area contributed by atoms with Gasteiger partial charge < -0.3 is 5.32 Å². The van der Waals surface area contributed by atoms with Gasteiger partial charge in [-0.3, -0.25) is 4.79 Å². The number of halogens is 3. The van der Waals surface area contributed by atoms with Crippen LogP contribution in [0.25, 0.3) is 0 Å². The average Bonchev–Trinajstić information content (AvgIpc) is 2.54. The fourth-order valence-corrected chi connectivity index (χ4v) is 3.59. The van der Waals surface area contributed by atoms with Crippen LogP contribution in [0.3, 0.4) is 0 Å². The van der Waals surface area contributed by atoms with Gasteiger partial charge in [0.15, 0.2) is 0 Å². The van der Waals surface area contributed by atoms with E-state index in [2.05, 4.69) is 10.0 Å². The van der Waals surface area contributed by atoms with Crippen LogP contribution in [0.5, 0.6) is 0 Å². The lowest BCUT2D eigenvalue weighted by Gasteiger charge is -2.10. The average molecular weight is 405 g/mol. The Kier molecular flexibility index (Phi) is 6.40. The van der Waals surface area contributed by atoms with Gasteiger partial charge in [0.05, 0.1) is 21.2 Å². The van der Waals surface area contributed by atoms with E-state index in [1.807, 2.05) is 6.92 Å². The molecule has 2 rings (SSSR count). The predicted octanol–water partition coefficient (Wildman–Crippen LogP) is 4.07. The zero-order valence-corrected chi connectivity index (χ0v) is 15.5. The second kappa shape index (κ2) is 8.14. The zero-order valence-electron chi connectivity index (χ0n) is 13.1. The fourth-order valence-electron chi connectivity index (χ4n) is 1.95. The van der Waals surface area contributed by atoms with Gasteiger partial charge in [-0.15, -0.1) is 0 Å². The molecule has 0 saturated carbocycles. The molecule has 5 nitrogen and oxygen atoms in total. The Hall–Kier alpha value is -1.67. The third-order valence-electron chi connectivity index (χ3n) is 3.22. The van der Waals surface area contributed by atoms with Gasteiger partial charge in [-0.1, -0.05) is 30.1 Å². The van der Waals surface area contributed by atoms with Crippen LogP contribution in [0.2, 0.25) is 10.0 Å². The standard InChI is InChI=1S/C16H15Cl2FN2O3S/c1-2-7-20-25(23,24)11-4-6-15(14(19)9-11)21-16(22)12-5-3-10(17)8-13(12)18/h3-6,8-9,20H,2,7H2,1H3,(H,21,22). The molecule has 0 aliphatic rings. The van der Waals surface area contributed by atoms with Crippen LogP contribution in [0.4, 0.5) is 10.1 Å². The number of amides is 1. The number of hydrogen-bond acceptors (Lipinski definition) is 3. The molecule has 25 heavy (non-hydrogen) atoms. The van der Waals surface area contributed by atoms with Crippen molar-refractivity contribution in [3.05, 3.63) is 57.8 Å². The Morgan fingerprint density at radius 2 is 1.88 bits per heavy atom. The molecule has 1 amide bonds. The summed E-state index contributed by atoms with van der Waals surface area (Å²) in [5.41, 5.74) is -0.0442. The third-order valence-corrected chi connectivity index (χ3v) is 5.22. The van der Waals surface area contributed by atoms with E-state index in [9.17, 15) is 17.6 Å². The molecule has 0 bridgehead atoms. The van der Waals surface area contributed by atoms with E-state index in [0.29, 0.717) is 11.4 Å². The first-order valence-corrected chi connectivity index (χ1v) is 9.54. The summed E-state index contributed by atoms with van der Waals surface area (Å²) in [7, 11) is -3.79. The molecule has 0 spiro atoms. The third kappa shape index (κ3) is 4.92. The van der Waals surface area contributed by atoms with Crippen molar-refractivity contribution < 1.29 is 17.6 Å². The highest BCUT2D eigenvalue weighted by molar-refractivity contribution is 7.89.